The van der Waals surface area contributed by atoms with Crippen molar-refractivity contribution < 1.29 is 19.4 Å². The summed E-state index contributed by atoms with van der Waals surface area (Å²) in [5.41, 5.74) is -0.499. The van der Waals surface area contributed by atoms with Crippen molar-refractivity contribution in [1.82, 2.24) is 5.32 Å². The SMILES string of the molecule is CC(C)(C)OC(=O)NC(CC12CC3CC(CC(C3)C1)C2)C(=O)O. The van der Waals surface area contributed by atoms with Gasteiger partial charge in [0.05, 0.1) is 0 Å². The van der Waals surface area contributed by atoms with Gasteiger partial charge in [-0.3, -0.25) is 0 Å². The first-order valence-corrected chi connectivity index (χ1v) is 8.86. The van der Waals surface area contributed by atoms with E-state index in [0.29, 0.717) is 6.42 Å². The van der Waals surface area contributed by atoms with Gasteiger partial charge in [-0.2, -0.15) is 0 Å². The Morgan fingerprint density at radius 2 is 1.61 bits per heavy atom. The van der Waals surface area contributed by atoms with Crippen LogP contribution >= 0.6 is 0 Å². The van der Waals surface area contributed by atoms with E-state index in [1.165, 1.54) is 19.3 Å². The summed E-state index contributed by atoms with van der Waals surface area (Å²) in [5.74, 6) is 1.37. The molecule has 1 atom stereocenters. The standard InChI is InChI=1S/C18H29NO4/c1-17(2,3)23-16(22)19-14(15(20)21)10-18-7-11-4-12(8-18)6-13(5-11)9-18/h11-14H,4-10H2,1-3H3,(H,19,22)(H,20,21). The minimum absolute atomic E-state index is 0.118. The number of nitrogens with one attached hydrogen (secondary N) is 1. The van der Waals surface area contributed by atoms with Gasteiger partial charge in [0.15, 0.2) is 0 Å². The Morgan fingerprint density at radius 3 is 2.00 bits per heavy atom. The summed E-state index contributed by atoms with van der Waals surface area (Å²) < 4.78 is 5.23. The molecule has 4 aliphatic rings. The predicted molar refractivity (Wildman–Crippen MR) is 86.0 cm³/mol. The average molecular weight is 323 g/mol. The fraction of sp³-hybridized carbons (Fsp3) is 0.889. The summed E-state index contributed by atoms with van der Waals surface area (Å²) in [6.45, 7) is 5.34. The van der Waals surface area contributed by atoms with E-state index in [1.54, 1.807) is 20.8 Å². The third-order valence-electron chi connectivity index (χ3n) is 5.79. The van der Waals surface area contributed by atoms with Crippen LogP contribution in [0.15, 0.2) is 0 Å². The molecule has 4 bridgehead atoms. The van der Waals surface area contributed by atoms with Crippen molar-refractivity contribution in [3.63, 3.8) is 0 Å². The molecule has 2 N–H and O–H groups in total. The average Bonchev–Trinajstić information content (AvgIpc) is 2.33. The molecule has 4 saturated carbocycles. The molecular formula is C18H29NO4. The van der Waals surface area contributed by atoms with Gasteiger partial charge in [-0.15, -0.1) is 0 Å². The highest BCUT2D eigenvalue weighted by Crippen LogP contribution is 2.61. The van der Waals surface area contributed by atoms with Crippen molar-refractivity contribution >= 4 is 12.1 Å². The largest absolute Gasteiger partial charge is 0.480 e. The molecule has 1 unspecified atom stereocenters. The van der Waals surface area contributed by atoms with Crippen LogP contribution in [0.25, 0.3) is 0 Å². The maximum atomic E-state index is 12.0. The third kappa shape index (κ3) is 3.81. The number of hydrogen-bond donors (Lipinski definition) is 2. The van der Waals surface area contributed by atoms with Gasteiger partial charge in [-0.1, -0.05) is 0 Å². The summed E-state index contributed by atoms with van der Waals surface area (Å²) in [4.78, 5) is 23.6. The molecule has 4 rings (SSSR count). The Bertz CT molecular complexity index is 458. The van der Waals surface area contributed by atoms with Crippen molar-refractivity contribution in [2.45, 2.75) is 77.4 Å². The molecule has 130 valence electrons. The summed E-state index contributed by atoms with van der Waals surface area (Å²) in [6, 6.07) is -0.846. The monoisotopic (exact) mass is 323 g/mol. The van der Waals surface area contributed by atoms with Crippen LogP contribution in [-0.4, -0.2) is 28.8 Å². The van der Waals surface area contributed by atoms with Crippen LogP contribution < -0.4 is 5.32 Å². The van der Waals surface area contributed by atoms with Crippen molar-refractivity contribution in [3.05, 3.63) is 0 Å². The number of carboxylic acid groups (broad SMARTS) is 1. The molecule has 0 radical (unpaired) electrons. The molecule has 0 aliphatic heterocycles. The van der Waals surface area contributed by atoms with Crippen LogP contribution in [0.5, 0.6) is 0 Å². The van der Waals surface area contributed by atoms with Crippen molar-refractivity contribution in [3.8, 4) is 0 Å². The van der Waals surface area contributed by atoms with E-state index in [4.69, 9.17) is 4.74 Å². The van der Waals surface area contributed by atoms with Gasteiger partial charge >= 0.3 is 12.1 Å². The second-order valence-electron chi connectivity index (χ2n) is 9.16. The minimum Gasteiger partial charge on any atom is -0.480 e. The fourth-order valence-electron chi connectivity index (χ4n) is 5.62. The van der Waals surface area contributed by atoms with Crippen molar-refractivity contribution in [2.24, 2.45) is 23.2 Å². The van der Waals surface area contributed by atoms with Crippen molar-refractivity contribution in [1.29, 1.82) is 0 Å². The number of carboxylic acids is 1. The summed E-state index contributed by atoms with van der Waals surface area (Å²) in [5, 5.41) is 12.1. The highest BCUT2D eigenvalue weighted by atomic mass is 16.6. The lowest BCUT2D eigenvalue weighted by atomic mass is 9.48. The molecule has 0 aromatic rings. The van der Waals surface area contributed by atoms with Crippen molar-refractivity contribution in [2.75, 3.05) is 0 Å². The number of hydrogen-bond acceptors (Lipinski definition) is 3. The quantitative estimate of drug-likeness (QED) is 0.829. The Labute approximate surface area is 138 Å². The third-order valence-corrected chi connectivity index (χ3v) is 5.79. The molecule has 4 fully saturated rings. The smallest absolute Gasteiger partial charge is 0.408 e. The molecule has 5 nitrogen and oxygen atoms in total. The van der Waals surface area contributed by atoms with Gasteiger partial charge in [0.2, 0.25) is 0 Å². The van der Waals surface area contributed by atoms with E-state index in [0.717, 1.165) is 37.0 Å². The zero-order valence-corrected chi connectivity index (χ0v) is 14.4. The second kappa shape index (κ2) is 5.67. The van der Waals surface area contributed by atoms with E-state index >= 15 is 0 Å². The molecule has 23 heavy (non-hydrogen) atoms. The maximum Gasteiger partial charge on any atom is 0.408 e. The Morgan fingerprint density at radius 1 is 1.13 bits per heavy atom. The Balaban J connectivity index is 1.66. The van der Waals surface area contributed by atoms with Crippen LogP contribution in [0.4, 0.5) is 4.79 Å². The van der Waals surface area contributed by atoms with Gasteiger partial charge in [-0.25, -0.2) is 9.59 Å². The van der Waals surface area contributed by atoms with E-state index in [9.17, 15) is 14.7 Å². The van der Waals surface area contributed by atoms with Crippen LogP contribution in [0.1, 0.15) is 65.7 Å². The van der Waals surface area contributed by atoms with Gasteiger partial charge in [0, 0.05) is 0 Å². The minimum atomic E-state index is -0.952. The number of aliphatic carboxylic acids is 1. The van der Waals surface area contributed by atoms with Crippen LogP contribution in [0.3, 0.4) is 0 Å². The molecule has 4 aliphatic carbocycles. The molecule has 5 heteroatoms. The van der Waals surface area contributed by atoms with E-state index in [-0.39, 0.29) is 5.41 Å². The lowest BCUT2D eigenvalue weighted by Crippen LogP contribution is -2.51. The van der Waals surface area contributed by atoms with E-state index < -0.39 is 23.7 Å². The molecule has 0 spiro atoms. The molecule has 1 amide bonds. The highest BCUT2D eigenvalue weighted by Gasteiger charge is 2.52. The second-order valence-corrected chi connectivity index (χ2v) is 9.16. The first kappa shape index (κ1) is 16.6. The first-order chi connectivity index (χ1) is 10.6. The Hall–Kier alpha value is -1.26. The van der Waals surface area contributed by atoms with E-state index in [1.807, 2.05) is 0 Å². The van der Waals surface area contributed by atoms with E-state index in [2.05, 4.69) is 5.32 Å². The number of alkyl carbamates (subject to hydrolysis) is 1. The highest BCUT2D eigenvalue weighted by molar-refractivity contribution is 5.80. The number of carbonyl (C=O) groups excluding carboxylic acids is 1. The fourth-order valence-corrected chi connectivity index (χ4v) is 5.62. The zero-order valence-electron chi connectivity index (χ0n) is 14.4. The lowest BCUT2D eigenvalue weighted by molar-refractivity contribution is -0.142. The molecule has 0 heterocycles. The molecule has 0 aromatic heterocycles. The zero-order chi connectivity index (χ0) is 16.8. The summed E-state index contributed by atoms with van der Waals surface area (Å²) in [6.07, 6.45) is 7.32. The van der Waals surface area contributed by atoms with Gasteiger partial charge in [0.25, 0.3) is 0 Å². The first-order valence-electron chi connectivity index (χ1n) is 8.86. The van der Waals surface area contributed by atoms with Gasteiger partial charge < -0.3 is 15.2 Å². The number of ether oxygens (including phenoxy) is 1. The lowest BCUT2D eigenvalue weighted by Gasteiger charge is -2.57. The predicted octanol–water partition coefficient (Wildman–Crippen LogP) is 3.57. The molecular weight excluding hydrogens is 294 g/mol. The molecule has 0 saturated heterocycles. The topological polar surface area (TPSA) is 75.6 Å². The number of rotatable bonds is 4. The van der Waals surface area contributed by atoms with Gasteiger partial charge in [0.1, 0.15) is 11.6 Å². The summed E-state index contributed by atoms with van der Waals surface area (Å²) >= 11 is 0. The number of amides is 1. The maximum absolute atomic E-state index is 12.0. The van der Waals surface area contributed by atoms with Crippen LogP contribution in [0.2, 0.25) is 0 Å². The number of carbonyl (C=O) groups is 2. The summed E-state index contributed by atoms with van der Waals surface area (Å²) in [7, 11) is 0. The molecule has 0 aromatic carbocycles. The van der Waals surface area contributed by atoms with Gasteiger partial charge in [-0.05, 0) is 88.9 Å². The normalized spacial score (nSPS) is 36.6. The van der Waals surface area contributed by atoms with Crippen LogP contribution in [0, 0.1) is 23.2 Å². The van der Waals surface area contributed by atoms with Crippen LogP contribution in [-0.2, 0) is 9.53 Å². The Kier molecular flexibility index (Phi) is 4.09.